The van der Waals surface area contributed by atoms with Gasteiger partial charge >= 0.3 is 0 Å². The number of carbonyl (C=O) groups is 1. The molecule has 6 heteroatoms. The molecule has 2 aromatic rings. The Kier molecular flexibility index (Phi) is 5.00. The van der Waals surface area contributed by atoms with Gasteiger partial charge in [0.15, 0.2) is 5.69 Å². The summed E-state index contributed by atoms with van der Waals surface area (Å²) in [6.07, 6.45) is 4.20. The first-order valence-electron chi connectivity index (χ1n) is 8.22. The average molecular weight is 346 g/mol. The molecule has 1 saturated heterocycles. The summed E-state index contributed by atoms with van der Waals surface area (Å²) in [5.74, 6) is -0.274. The number of nitrogens with zero attached hydrogens (tertiary/aromatic N) is 3. The van der Waals surface area contributed by atoms with Gasteiger partial charge in [0, 0.05) is 29.9 Å². The van der Waals surface area contributed by atoms with Gasteiger partial charge in [0.1, 0.15) is 0 Å². The van der Waals surface area contributed by atoms with E-state index in [2.05, 4.69) is 5.10 Å². The number of rotatable bonds is 2. The van der Waals surface area contributed by atoms with Crippen LogP contribution in [0.4, 0.5) is 0 Å². The average Bonchev–Trinajstić information content (AvgIpc) is 2.85. The molecule has 1 aromatic heterocycles. The van der Waals surface area contributed by atoms with E-state index < -0.39 is 0 Å². The molecule has 1 aliphatic rings. The third kappa shape index (κ3) is 3.51. The minimum absolute atomic E-state index is 0.0163. The first kappa shape index (κ1) is 16.7. The molecule has 2 heterocycles. The van der Waals surface area contributed by atoms with Gasteiger partial charge in [-0.05, 0) is 44.0 Å². The first-order valence-corrected chi connectivity index (χ1v) is 8.60. The molecule has 1 aliphatic heterocycles. The number of hydrogen-bond acceptors (Lipinski definition) is 3. The predicted octanol–water partition coefficient (Wildman–Crippen LogP) is 3.21. The van der Waals surface area contributed by atoms with Gasteiger partial charge in [-0.1, -0.05) is 24.4 Å². The zero-order chi connectivity index (χ0) is 17.1. The Morgan fingerprint density at radius 3 is 2.33 bits per heavy atom. The molecule has 0 unspecified atom stereocenters. The summed E-state index contributed by atoms with van der Waals surface area (Å²) in [5.41, 5.74) is 1.10. The second kappa shape index (κ2) is 7.18. The highest BCUT2D eigenvalue weighted by Crippen LogP contribution is 2.15. The highest BCUT2D eigenvalue weighted by molar-refractivity contribution is 6.30. The van der Waals surface area contributed by atoms with Crippen LogP contribution < -0.4 is 5.43 Å². The van der Waals surface area contributed by atoms with Crippen LogP contribution in [-0.2, 0) is 0 Å². The van der Waals surface area contributed by atoms with Crippen LogP contribution in [-0.4, -0.2) is 33.7 Å². The van der Waals surface area contributed by atoms with Gasteiger partial charge < -0.3 is 4.90 Å². The molecule has 0 atom stereocenters. The number of benzene rings is 1. The Labute approximate surface area is 145 Å². The number of hydrogen-bond donors (Lipinski definition) is 0. The topological polar surface area (TPSA) is 55.2 Å². The molecule has 1 aromatic carbocycles. The van der Waals surface area contributed by atoms with E-state index in [1.807, 2.05) is 12.1 Å². The van der Waals surface area contributed by atoms with Crippen LogP contribution in [0.25, 0.3) is 5.69 Å². The Hall–Kier alpha value is -2.14. The molecule has 24 heavy (non-hydrogen) atoms. The van der Waals surface area contributed by atoms with Crippen molar-refractivity contribution >= 4 is 17.5 Å². The highest BCUT2D eigenvalue weighted by Gasteiger charge is 2.22. The summed E-state index contributed by atoms with van der Waals surface area (Å²) in [5, 5.41) is 4.97. The van der Waals surface area contributed by atoms with Crippen LogP contribution in [0.3, 0.4) is 0 Å². The van der Waals surface area contributed by atoms with E-state index in [9.17, 15) is 9.59 Å². The number of carbonyl (C=O) groups excluding carboxylic acids is 1. The number of aryl methyl sites for hydroxylation is 1. The summed E-state index contributed by atoms with van der Waals surface area (Å²) in [6.45, 7) is 3.17. The predicted molar refractivity (Wildman–Crippen MR) is 94.0 cm³/mol. The maximum atomic E-state index is 12.8. The van der Waals surface area contributed by atoms with Gasteiger partial charge in [-0.2, -0.15) is 5.10 Å². The molecule has 0 bridgehead atoms. The zero-order valence-corrected chi connectivity index (χ0v) is 14.4. The maximum Gasteiger partial charge on any atom is 0.278 e. The Balaban J connectivity index is 1.99. The van der Waals surface area contributed by atoms with E-state index in [0.717, 1.165) is 31.4 Å². The van der Waals surface area contributed by atoms with Crippen molar-refractivity contribution in [3.63, 3.8) is 0 Å². The number of aromatic nitrogens is 2. The van der Waals surface area contributed by atoms with Crippen molar-refractivity contribution in [1.29, 1.82) is 0 Å². The minimum atomic E-state index is -0.327. The lowest BCUT2D eigenvalue weighted by atomic mass is 10.2. The summed E-state index contributed by atoms with van der Waals surface area (Å²) >= 11 is 5.92. The fourth-order valence-electron chi connectivity index (χ4n) is 2.96. The van der Waals surface area contributed by atoms with Crippen molar-refractivity contribution in [1.82, 2.24) is 14.7 Å². The summed E-state index contributed by atoms with van der Waals surface area (Å²) in [4.78, 5) is 26.8. The van der Waals surface area contributed by atoms with Crippen LogP contribution >= 0.6 is 11.6 Å². The molecule has 0 aliphatic carbocycles. The number of likely N-dealkylation sites (tertiary alicyclic amines) is 1. The van der Waals surface area contributed by atoms with E-state index in [0.29, 0.717) is 23.8 Å². The normalized spacial score (nSPS) is 15.2. The lowest BCUT2D eigenvalue weighted by Crippen LogP contribution is -2.36. The van der Waals surface area contributed by atoms with Gasteiger partial charge in [-0.3, -0.25) is 9.59 Å². The first-order chi connectivity index (χ1) is 11.6. The van der Waals surface area contributed by atoms with Crippen molar-refractivity contribution in [2.75, 3.05) is 13.1 Å². The van der Waals surface area contributed by atoms with Crippen molar-refractivity contribution in [2.45, 2.75) is 32.6 Å². The molecule has 5 nitrogen and oxygen atoms in total. The smallest absolute Gasteiger partial charge is 0.278 e. The molecular weight excluding hydrogens is 326 g/mol. The van der Waals surface area contributed by atoms with E-state index in [1.54, 1.807) is 28.6 Å². The highest BCUT2D eigenvalue weighted by atomic mass is 35.5. The molecule has 0 spiro atoms. The Bertz CT molecular complexity index is 791. The van der Waals surface area contributed by atoms with Gasteiger partial charge in [0.2, 0.25) is 5.43 Å². The molecule has 0 radical (unpaired) electrons. The molecule has 3 rings (SSSR count). The van der Waals surface area contributed by atoms with E-state index in [1.165, 1.54) is 6.07 Å². The molecule has 126 valence electrons. The van der Waals surface area contributed by atoms with E-state index in [-0.39, 0.29) is 17.0 Å². The molecule has 0 saturated carbocycles. The van der Waals surface area contributed by atoms with Crippen molar-refractivity contribution in [3.8, 4) is 5.69 Å². The number of amides is 1. The fraction of sp³-hybridized carbons (Fsp3) is 0.389. The van der Waals surface area contributed by atoms with Crippen LogP contribution in [0.2, 0.25) is 5.02 Å². The summed E-state index contributed by atoms with van der Waals surface area (Å²) in [6, 6.07) is 8.60. The molecular formula is C18H20ClN3O2. The van der Waals surface area contributed by atoms with Crippen LogP contribution in [0.1, 0.15) is 41.9 Å². The van der Waals surface area contributed by atoms with Gasteiger partial charge in [-0.15, -0.1) is 0 Å². The largest absolute Gasteiger partial charge is 0.337 e. The number of halogens is 1. The van der Waals surface area contributed by atoms with E-state index >= 15 is 0 Å². The quantitative estimate of drug-likeness (QED) is 0.839. The lowest BCUT2D eigenvalue weighted by Gasteiger charge is -2.20. The second-order valence-corrected chi connectivity index (χ2v) is 6.53. The monoisotopic (exact) mass is 345 g/mol. The Morgan fingerprint density at radius 2 is 1.71 bits per heavy atom. The van der Waals surface area contributed by atoms with Crippen LogP contribution in [0.5, 0.6) is 0 Å². The third-order valence-corrected chi connectivity index (χ3v) is 4.53. The maximum absolute atomic E-state index is 12.8. The van der Waals surface area contributed by atoms with Crippen molar-refractivity contribution in [2.24, 2.45) is 0 Å². The minimum Gasteiger partial charge on any atom is -0.337 e. The molecule has 1 amide bonds. The van der Waals surface area contributed by atoms with Gasteiger partial charge in [0.25, 0.3) is 5.91 Å². The molecule has 1 fully saturated rings. The van der Waals surface area contributed by atoms with E-state index in [4.69, 9.17) is 11.6 Å². The van der Waals surface area contributed by atoms with Gasteiger partial charge in [-0.25, -0.2) is 4.68 Å². The lowest BCUT2D eigenvalue weighted by molar-refractivity contribution is 0.0752. The summed E-state index contributed by atoms with van der Waals surface area (Å²) in [7, 11) is 0. The Morgan fingerprint density at radius 1 is 1.08 bits per heavy atom. The van der Waals surface area contributed by atoms with Crippen LogP contribution in [0.15, 0.2) is 35.1 Å². The fourth-order valence-corrected chi connectivity index (χ4v) is 3.09. The van der Waals surface area contributed by atoms with Crippen molar-refractivity contribution < 1.29 is 4.79 Å². The molecule has 0 N–H and O–H groups in total. The zero-order valence-electron chi connectivity index (χ0n) is 13.7. The van der Waals surface area contributed by atoms with Crippen LogP contribution in [0, 0.1) is 6.92 Å². The summed E-state index contributed by atoms with van der Waals surface area (Å²) < 4.78 is 1.61. The SMILES string of the molecule is Cc1cc(=O)c(C(=O)N2CCCCCC2)nn1-c1ccc(Cl)cc1. The standard InChI is InChI=1S/C18H20ClN3O2/c1-13-12-16(23)17(18(24)21-10-4-2-3-5-11-21)20-22(13)15-8-6-14(19)7-9-15/h6-9,12H,2-5,10-11H2,1H3. The van der Waals surface area contributed by atoms with Gasteiger partial charge in [0.05, 0.1) is 5.69 Å². The third-order valence-electron chi connectivity index (χ3n) is 4.27. The second-order valence-electron chi connectivity index (χ2n) is 6.09. The van der Waals surface area contributed by atoms with Crippen molar-refractivity contribution in [3.05, 3.63) is 57.0 Å².